The highest BCUT2D eigenvalue weighted by Gasteiger charge is 2.32. The van der Waals surface area contributed by atoms with Crippen LogP contribution in [0.2, 0.25) is 0 Å². The van der Waals surface area contributed by atoms with Crippen molar-refractivity contribution >= 4 is 5.97 Å². The van der Waals surface area contributed by atoms with Crippen molar-refractivity contribution in [2.75, 3.05) is 6.54 Å². The average Bonchev–Trinajstić information content (AvgIpc) is 1.99. The van der Waals surface area contributed by atoms with Gasteiger partial charge < -0.3 is 10.4 Å². The molecule has 0 fully saturated rings. The van der Waals surface area contributed by atoms with Gasteiger partial charge in [-0.1, -0.05) is 20.8 Å². The molecule has 0 aliphatic rings. The second-order valence-electron chi connectivity index (χ2n) is 4.16. The largest absolute Gasteiger partial charge is 0.480 e. The Kier molecular flexibility index (Phi) is 4.99. The molecule has 0 aromatic heterocycles. The molecule has 3 heteroatoms. The van der Waals surface area contributed by atoms with Crippen LogP contribution in [0.15, 0.2) is 0 Å². The standard InChI is InChI=1S/C10H21NO2/c1-5-6-11-10(4,9(12)13)7-8(2)3/h8,11H,5-7H2,1-4H3,(H,12,13)/t10-/m0/s1. The Morgan fingerprint density at radius 1 is 1.54 bits per heavy atom. The first kappa shape index (κ1) is 12.4. The van der Waals surface area contributed by atoms with Crippen LogP contribution in [-0.4, -0.2) is 23.2 Å². The Hall–Kier alpha value is -0.570. The van der Waals surface area contributed by atoms with Crippen LogP contribution in [0, 0.1) is 5.92 Å². The van der Waals surface area contributed by atoms with E-state index in [1.807, 2.05) is 20.8 Å². The average molecular weight is 187 g/mol. The zero-order chi connectivity index (χ0) is 10.5. The third kappa shape index (κ3) is 4.27. The molecule has 0 radical (unpaired) electrons. The van der Waals surface area contributed by atoms with Gasteiger partial charge in [-0.3, -0.25) is 4.79 Å². The zero-order valence-electron chi connectivity index (χ0n) is 9.05. The number of nitrogens with one attached hydrogen (secondary N) is 1. The van der Waals surface area contributed by atoms with E-state index in [1.54, 1.807) is 6.92 Å². The van der Waals surface area contributed by atoms with Crippen LogP contribution in [0.4, 0.5) is 0 Å². The Balaban J connectivity index is 4.25. The number of hydrogen-bond donors (Lipinski definition) is 2. The molecular formula is C10H21NO2. The van der Waals surface area contributed by atoms with Crippen LogP contribution in [0.3, 0.4) is 0 Å². The van der Waals surface area contributed by atoms with E-state index in [2.05, 4.69) is 5.32 Å². The smallest absolute Gasteiger partial charge is 0.323 e. The fourth-order valence-corrected chi connectivity index (χ4v) is 1.45. The molecule has 0 aliphatic heterocycles. The van der Waals surface area contributed by atoms with E-state index < -0.39 is 11.5 Å². The van der Waals surface area contributed by atoms with Crippen molar-refractivity contribution in [2.45, 2.75) is 46.1 Å². The van der Waals surface area contributed by atoms with Gasteiger partial charge in [-0.15, -0.1) is 0 Å². The van der Waals surface area contributed by atoms with Crippen molar-refractivity contribution in [3.8, 4) is 0 Å². The van der Waals surface area contributed by atoms with Crippen molar-refractivity contribution < 1.29 is 9.90 Å². The molecule has 0 heterocycles. The molecule has 2 N–H and O–H groups in total. The van der Waals surface area contributed by atoms with Crippen LogP contribution in [0.25, 0.3) is 0 Å². The molecule has 0 bridgehead atoms. The monoisotopic (exact) mass is 187 g/mol. The van der Waals surface area contributed by atoms with E-state index in [4.69, 9.17) is 5.11 Å². The van der Waals surface area contributed by atoms with Gasteiger partial charge in [0, 0.05) is 0 Å². The second-order valence-corrected chi connectivity index (χ2v) is 4.16. The number of hydrogen-bond acceptors (Lipinski definition) is 2. The molecule has 0 aromatic carbocycles. The lowest BCUT2D eigenvalue weighted by Gasteiger charge is -2.27. The van der Waals surface area contributed by atoms with Gasteiger partial charge in [0.05, 0.1) is 0 Å². The minimum atomic E-state index is -0.760. The summed E-state index contributed by atoms with van der Waals surface area (Å²) in [5.41, 5.74) is -0.760. The summed E-state index contributed by atoms with van der Waals surface area (Å²) in [4.78, 5) is 11.0. The first-order valence-electron chi connectivity index (χ1n) is 4.90. The quantitative estimate of drug-likeness (QED) is 0.667. The second kappa shape index (κ2) is 5.22. The summed E-state index contributed by atoms with van der Waals surface area (Å²) in [7, 11) is 0. The predicted molar refractivity (Wildman–Crippen MR) is 53.8 cm³/mol. The zero-order valence-corrected chi connectivity index (χ0v) is 9.05. The van der Waals surface area contributed by atoms with E-state index in [9.17, 15) is 4.79 Å². The summed E-state index contributed by atoms with van der Waals surface area (Å²) in [6.07, 6.45) is 1.63. The molecular weight excluding hydrogens is 166 g/mol. The third-order valence-corrected chi connectivity index (χ3v) is 2.05. The van der Waals surface area contributed by atoms with Gasteiger partial charge in [-0.05, 0) is 32.2 Å². The maximum Gasteiger partial charge on any atom is 0.323 e. The van der Waals surface area contributed by atoms with Crippen LogP contribution in [0.1, 0.15) is 40.5 Å². The Bertz CT molecular complexity index is 168. The highest BCUT2D eigenvalue weighted by atomic mass is 16.4. The van der Waals surface area contributed by atoms with Crippen molar-refractivity contribution in [2.24, 2.45) is 5.92 Å². The van der Waals surface area contributed by atoms with Gasteiger partial charge in [0.15, 0.2) is 0 Å². The number of carboxylic acid groups (broad SMARTS) is 1. The number of rotatable bonds is 6. The van der Waals surface area contributed by atoms with Crippen LogP contribution < -0.4 is 5.32 Å². The first-order valence-corrected chi connectivity index (χ1v) is 4.90. The molecule has 1 atom stereocenters. The summed E-state index contributed by atoms with van der Waals surface area (Å²) >= 11 is 0. The third-order valence-electron chi connectivity index (χ3n) is 2.05. The molecule has 0 unspecified atom stereocenters. The van der Waals surface area contributed by atoms with Crippen LogP contribution in [-0.2, 0) is 4.79 Å². The van der Waals surface area contributed by atoms with Gasteiger partial charge in [0.2, 0.25) is 0 Å². The minimum Gasteiger partial charge on any atom is -0.480 e. The Labute approximate surface area is 80.5 Å². The fraction of sp³-hybridized carbons (Fsp3) is 0.900. The van der Waals surface area contributed by atoms with E-state index in [-0.39, 0.29) is 0 Å². The molecule has 0 saturated heterocycles. The fourth-order valence-electron chi connectivity index (χ4n) is 1.45. The summed E-state index contributed by atoms with van der Waals surface area (Å²) in [6, 6.07) is 0. The number of carboxylic acids is 1. The maximum atomic E-state index is 11.0. The highest BCUT2D eigenvalue weighted by molar-refractivity contribution is 5.78. The molecule has 0 amide bonds. The summed E-state index contributed by atoms with van der Waals surface area (Å²) in [6.45, 7) is 8.62. The van der Waals surface area contributed by atoms with Gasteiger partial charge in [0.25, 0.3) is 0 Å². The topological polar surface area (TPSA) is 49.3 Å². The maximum absolute atomic E-state index is 11.0. The summed E-state index contributed by atoms with van der Waals surface area (Å²) in [5, 5.41) is 12.1. The van der Waals surface area contributed by atoms with Crippen LogP contribution in [0.5, 0.6) is 0 Å². The molecule has 0 rings (SSSR count). The van der Waals surface area contributed by atoms with Gasteiger partial charge in [0.1, 0.15) is 5.54 Å². The SMILES string of the molecule is CCCN[C@@](C)(CC(C)C)C(=O)O. The molecule has 0 aromatic rings. The van der Waals surface area contributed by atoms with Gasteiger partial charge in [-0.2, -0.15) is 0 Å². The predicted octanol–water partition coefficient (Wildman–Crippen LogP) is 1.88. The van der Waals surface area contributed by atoms with E-state index >= 15 is 0 Å². The van der Waals surface area contributed by atoms with E-state index in [0.29, 0.717) is 12.3 Å². The van der Waals surface area contributed by atoms with Crippen molar-refractivity contribution in [3.05, 3.63) is 0 Å². The van der Waals surface area contributed by atoms with Gasteiger partial charge >= 0.3 is 5.97 Å². The van der Waals surface area contributed by atoms with E-state index in [1.165, 1.54) is 0 Å². The summed E-state index contributed by atoms with van der Waals surface area (Å²) < 4.78 is 0. The molecule has 0 spiro atoms. The lowest BCUT2D eigenvalue weighted by atomic mass is 9.91. The molecule has 0 saturated carbocycles. The Morgan fingerprint density at radius 3 is 2.38 bits per heavy atom. The van der Waals surface area contributed by atoms with E-state index in [0.717, 1.165) is 13.0 Å². The first-order chi connectivity index (χ1) is 5.92. The molecule has 13 heavy (non-hydrogen) atoms. The number of aliphatic carboxylic acids is 1. The van der Waals surface area contributed by atoms with Gasteiger partial charge in [-0.25, -0.2) is 0 Å². The normalized spacial score (nSPS) is 15.8. The molecule has 3 nitrogen and oxygen atoms in total. The number of carbonyl (C=O) groups is 1. The highest BCUT2D eigenvalue weighted by Crippen LogP contribution is 2.16. The Morgan fingerprint density at radius 2 is 2.08 bits per heavy atom. The summed E-state index contributed by atoms with van der Waals surface area (Å²) in [5.74, 6) is -0.361. The van der Waals surface area contributed by atoms with Crippen molar-refractivity contribution in [3.63, 3.8) is 0 Å². The molecule has 78 valence electrons. The lowest BCUT2D eigenvalue weighted by molar-refractivity contribution is -0.144. The lowest BCUT2D eigenvalue weighted by Crippen LogP contribution is -2.50. The van der Waals surface area contributed by atoms with Crippen molar-refractivity contribution in [1.29, 1.82) is 0 Å². The van der Waals surface area contributed by atoms with Crippen LogP contribution >= 0.6 is 0 Å². The minimum absolute atomic E-state index is 0.394. The van der Waals surface area contributed by atoms with Crippen molar-refractivity contribution in [1.82, 2.24) is 5.32 Å². The molecule has 0 aliphatic carbocycles.